The van der Waals surface area contributed by atoms with Gasteiger partial charge >= 0.3 is 11.8 Å². The largest absolute Gasteiger partial charge is 0.344 e. The number of sulfonamides is 1. The average Bonchev–Trinajstić information content (AvgIpc) is 3.24. The van der Waals surface area contributed by atoms with Crippen LogP contribution in [0.4, 0.5) is 5.69 Å². The van der Waals surface area contributed by atoms with Crippen LogP contribution < -0.4 is 10.6 Å². The Hall–Kier alpha value is -2.42. The molecular formula is C20H22ClN3O4S. The van der Waals surface area contributed by atoms with Crippen LogP contribution in [-0.2, 0) is 26.2 Å². The molecule has 2 aromatic rings. The summed E-state index contributed by atoms with van der Waals surface area (Å²) in [6.45, 7) is 2.97. The average molecular weight is 436 g/mol. The molecular weight excluding hydrogens is 414 g/mol. The number of hydrogen-bond acceptors (Lipinski definition) is 4. The molecule has 0 radical (unpaired) electrons. The highest BCUT2D eigenvalue weighted by atomic mass is 35.5. The van der Waals surface area contributed by atoms with E-state index in [0.717, 1.165) is 18.4 Å². The van der Waals surface area contributed by atoms with Crippen molar-refractivity contribution in [2.75, 3.05) is 18.4 Å². The molecule has 3 rings (SSSR count). The molecule has 1 aliphatic heterocycles. The maximum atomic E-state index is 12.5. The monoisotopic (exact) mass is 435 g/mol. The van der Waals surface area contributed by atoms with Crippen molar-refractivity contribution in [2.45, 2.75) is 31.2 Å². The van der Waals surface area contributed by atoms with Crippen LogP contribution in [0.3, 0.4) is 0 Å². The second-order valence-corrected chi connectivity index (χ2v) is 9.23. The van der Waals surface area contributed by atoms with Crippen molar-refractivity contribution in [1.82, 2.24) is 9.62 Å². The van der Waals surface area contributed by atoms with Gasteiger partial charge in [0.2, 0.25) is 10.0 Å². The minimum absolute atomic E-state index is 0.107. The summed E-state index contributed by atoms with van der Waals surface area (Å²) in [6.07, 6.45) is 1.75. The normalized spacial score (nSPS) is 14.6. The number of amides is 2. The van der Waals surface area contributed by atoms with Gasteiger partial charge in [-0.1, -0.05) is 23.7 Å². The fraction of sp³-hybridized carbons (Fsp3) is 0.300. The molecule has 2 aromatic carbocycles. The zero-order valence-electron chi connectivity index (χ0n) is 15.9. The van der Waals surface area contributed by atoms with Crippen LogP contribution in [-0.4, -0.2) is 37.6 Å². The summed E-state index contributed by atoms with van der Waals surface area (Å²) in [4.78, 5) is 24.3. The molecule has 154 valence electrons. The molecule has 1 fully saturated rings. The summed E-state index contributed by atoms with van der Waals surface area (Å²) < 4.78 is 26.5. The molecule has 1 heterocycles. The van der Waals surface area contributed by atoms with E-state index < -0.39 is 21.8 Å². The van der Waals surface area contributed by atoms with Crippen LogP contribution in [0.1, 0.15) is 24.0 Å². The Morgan fingerprint density at radius 1 is 1.03 bits per heavy atom. The molecule has 29 heavy (non-hydrogen) atoms. The molecule has 0 bridgehead atoms. The van der Waals surface area contributed by atoms with E-state index in [1.165, 1.54) is 16.4 Å². The lowest BCUT2D eigenvalue weighted by Gasteiger charge is -2.15. The Kier molecular flexibility index (Phi) is 6.56. The van der Waals surface area contributed by atoms with E-state index in [2.05, 4.69) is 10.6 Å². The Morgan fingerprint density at radius 2 is 1.69 bits per heavy atom. The van der Waals surface area contributed by atoms with Gasteiger partial charge in [0.05, 0.1) is 4.90 Å². The molecule has 0 spiro atoms. The molecule has 2 N–H and O–H groups in total. The first-order chi connectivity index (χ1) is 13.8. The van der Waals surface area contributed by atoms with E-state index in [-0.39, 0.29) is 11.4 Å². The number of hydrogen-bond donors (Lipinski definition) is 2. The first-order valence-electron chi connectivity index (χ1n) is 9.22. The highest BCUT2D eigenvalue weighted by Crippen LogP contribution is 2.21. The third-order valence-corrected chi connectivity index (χ3v) is 6.87. The molecule has 9 heteroatoms. The van der Waals surface area contributed by atoms with Gasteiger partial charge in [-0.15, -0.1) is 0 Å². The van der Waals surface area contributed by atoms with Crippen molar-refractivity contribution >= 4 is 39.1 Å². The van der Waals surface area contributed by atoms with Crippen LogP contribution in [0.25, 0.3) is 0 Å². The Morgan fingerprint density at radius 3 is 2.31 bits per heavy atom. The van der Waals surface area contributed by atoms with E-state index in [1.54, 1.807) is 37.3 Å². The Bertz CT molecular complexity index is 1020. The van der Waals surface area contributed by atoms with E-state index in [4.69, 9.17) is 11.6 Å². The zero-order valence-corrected chi connectivity index (χ0v) is 17.5. The van der Waals surface area contributed by atoms with Gasteiger partial charge in [-0.05, 0) is 61.2 Å². The summed E-state index contributed by atoms with van der Waals surface area (Å²) in [7, 11) is -3.47. The fourth-order valence-electron chi connectivity index (χ4n) is 3.07. The molecule has 0 atom stereocenters. The minimum Gasteiger partial charge on any atom is -0.344 e. The molecule has 1 aliphatic rings. The van der Waals surface area contributed by atoms with Crippen molar-refractivity contribution < 1.29 is 18.0 Å². The van der Waals surface area contributed by atoms with Gasteiger partial charge in [-0.3, -0.25) is 9.59 Å². The number of benzene rings is 2. The highest BCUT2D eigenvalue weighted by molar-refractivity contribution is 7.89. The second-order valence-electron chi connectivity index (χ2n) is 6.85. The first-order valence-corrected chi connectivity index (χ1v) is 11.0. The number of halogens is 1. The van der Waals surface area contributed by atoms with E-state index in [9.17, 15) is 18.0 Å². The van der Waals surface area contributed by atoms with Crippen LogP contribution in [0.5, 0.6) is 0 Å². The number of aryl methyl sites for hydroxylation is 1. The maximum Gasteiger partial charge on any atom is 0.313 e. The van der Waals surface area contributed by atoms with Crippen molar-refractivity contribution in [1.29, 1.82) is 0 Å². The molecule has 1 saturated heterocycles. The topological polar surface area (TPSA) is 95.6 Å². The van der Waals surface area contributed by atoms with Gasteiger partial charge in [0.25, 0.3) is 0 Å². The SMILES string of the molecule is Cc1cc(Cl)ccc1NC(=O)C(=O)NCc1ccc(S(=O)(=O)N2CCCC2)cc1. The summed E-state index contributed by atoms with van der Waals surface area (Å²) in [5, 5.41) is 5.61. The maximum absolute atomic E-state index is 12.5. The number of rotatable bonds is 5. The number of carbonyl (C=O) groups excluding carboxylic acids is 2. The van der Waals surface area contributed by atoms with Gasteiger partial charge in [0.15, 0.2) is 0 Å². The smallest absolute Gasteiger partial charge is 0.313 e. The lowest BCUT2D eigenvalue weighted by atomic mass is 10.2. The van der Waals surface area contributed by atoms with Crippen molar-refractivity contribution in [3.8, 4) is 0 Å². The zero-order chi connectivity index (χ0) is 21.0. The Labute approximate surface area is 175 Å². The quantitative estimate of drug-likeness (QED) is 0.706. The van der Waals surface area contributed by atoms with Crippen molar-refractivity contribution in [3.63, 3.8) is 0 Å². The molecule has 7 nitrogen and oxygen atoms in total. The van der Waals surface area contributed by atoms with Gasteiger partial charge in [0, 0.05) is 30.3 Å². The van der Waals surface area contributed by atoms with Crippen LogP contribution in [0.15, 0.2) is 47.4 Å². The predicted octanol–water partition coefficient (Wildman–Crippen LogP) is 2.69. The second kappa shape index (κ2) is 8.94. The van der Waals surface area contributed by atoms with Gasteiger partial charge < -0.3 is 10.6 Å². The molecule has 2 amide bonds. The summed E-state index contributed by atoms with van der Waals surface area (Å²) in [5.41, 5.74) is 1.94. The summed E-state index contributed by atoms with van der Waals surface area (Å²) in [5.74, 6) is -1.57. The number of nitrogens with one attached hydrogen (secondary N) is 2. The standard InChI is InChI=1S/C20H22ClN3O4S/c1-14-12-16(21)6-9-18(14)23-20(26)19(25)22-13-15-4-7-17(8-5-15)29(27,28)24-10-2-3-11-24/h4-9,12H,2-3,10-11,13H2,1H3,(H,22,25)(H,23,26). The molecule has 0 unspecified atom stereocenters. The van der Waals surface area contributed by atoms with Crippen molar-refractivity contribution in [2.24, 2.45) is 0 Å². The number of anilines is 1. The first kappa shape index (κ1) is 21.3. The van der Waals surface area contributed by atoms with Gasteiger partial charge in [-0.2, -0.15) is 4.31 Å². The lowest BCUT2D eigenvalue weighted by Crippen LogP contribution is -2.35. The van der Waals surface area contributed by atoms with Crippen LogP contribution in [0, 0.1) is 6.92 Å². The summed E-state index contributed by atoms with van der Waals surface area (Å²) >= 11 is 5.88. The molecule has 0 aromatic heterocycles. The number of nitrogens with zero attached hydrogens (tertiary/aromatic N) is 1. The lowest BCUT2D eigenvalue weighted by molar-refractivity contribution is -0.136. The van der Waals surface area contributed by atoms with E-state index in [0.29, 0.717) is 29.4 Å². The predicted molar refractivity (Wildman–Crippen MR) is 111 cm³/mol. The minimum atomic E-state index is -3.47. The van der Waals surface area contributed by atoms with Gasteiger partial charge in [-0.25, -0.2) is 8.42 Å². The summed E-state index contributed by atoms with van der Waals surface area (Å²) in [6, 6.07) is 11.2. The molecule has 0 aliphatic carbocycles. The van der Waals surface area contributed by atoms with Crippen LogP contribution in [0.2, 0.25) is 5.02 Å². The molecule has 0 saturated carbocycles. The van der Waals surface area contributed by atoms with E-state index >= 15 is 0 Å². The van der Waals surface area contributed by atoms with E-state index in [1.807, 2.05) is 0 Å². The third-order valence-electron chi connectivity index (χ3n) is 4.72. The number of carbonyl (C=O) groups is 2. The Balaban J connectivity index is 1.56. The highest BCUT2D eigenvalue weighted by Gasteiger charge is 2.26. The fourth-order valence-corrected chi connectivity index (χ4v) is 4.81. The third kappa shape index (κ3) is 5.14. The van der Waals surface area contributed by atoms with Crippen LogP contribution >= 0.6 is 11.6 Å². The van der Waals surface area contributed by atoms with Gasteiger partial charge in [0.1, 0.15) is 0 Å². The van der Waals surface area contributed by atoms with Crippen molar-refractivity contribution in [3.05, 3.63) is 58.6 Å².